The van der Waals surface area contributed by atoms with Gasteiger partial charge in [0.05, 0.1) is 26.0 Å². The standard InChI is InChI=1S/C24H24N2O5/c27-22(23-7-4-13-30-23)15-19-17-29-14-12-26(19)16-24(28)25-18-8-10-21(11-9-18)31-20-5-2-1-3-6-20/h1-11,13,19H,12,14-17H2,(H,25,28)/t19-/m0/s1. The Morgan fingerprint density at radius 3 is 2.52 bits per heavy atom. The predicted molar refractivity (Wildman–Crippen MR) is 115 cm³/mol. The number of furan rings is 1. The monoisotopic (exact) mass is 420 g/mol. The summed E-state index contributed by atoms with van der Waals surface area (Å²) in [6.45, 7) is 1.71. The fraction of sp³-hybridized carbons (Fsp3) is 0.250. The summed E-state index contributed by atoms with van der Waals surface area (Å²) in [6, 6.07) is 19.9. The van der Waals surface area contributed by atoms with Gasteiger partial charge < -0.3 is 19.2 Å². The van der Waals surface area contributed by atoms with Gasteiger partial charge in [0, 0.05) is 24.7 Å². The number of morpholine rings is 1. The lowest BCUT2D eigenvalue weighted by molar-refractivity contribution is -0.119. The number of carbonyl (C=O) groups is 2. The van der Waals surface area contributed by atoms with Crippen molar-refractivity contribution in [1.82, 2.24) is 4.90 Å². The quantitative estimate of drug-likeness (QED) is 0.555. The molecule has 0 radical (unpaired) electrons. The van der Waals surface area contributed by atoms with Crippen molar-refractivity contribution >= 4 is 17.4 Å². The number of hydrogen-bond acceptors (Lipinski definition) is 6. The van der Waals surface area contributed by atoms with Crippen LogP contribution < -0.4 is 10.1 Å². The zero-order chi connectivity index (χ0) is 21.5. The van der Waals surface area contributed by atoms with E-state index in [1.54, 1.807) is 24.3 Å². The molecule has 7 nitrogen and oxygen atoms in total. The first-order valence-electron chi connectivity index (χ1n) is 10.2. The number of carbonyl (C=O) groups excluding carboxylic acids is 2. The van der Waals surface area contributed by atoms with E-state index in [1.165, 1.54) is 6.26 Å². The van der Waals surface area contributed by atoms with Crippen LogP contribution in [0.4, 0.5) is 5.69 Å². The first kappa shape index (κ1) is 20.8. The van der Waals surface area contributed by atoms with E-state index >= 15 is 0 Å². The van der Waals surface area contributed by atoms with Crippen molar-refractivity contribution in [1.29, 1.82) is 0 Å². The number of amides is 1. The molecule has 0 unspecified atom stereocenters. The highest BCUT2D eigenvalue weighted by Gasteiger charge is 2.28. The van der Waals surface area contributed by atoms with Crippen LogP contribution >= 0.6 is 0 Å². The molecule has 1 saturated heterocycles. The number of Topliss-reactive ketones (excluding diaryl/α,β-unsaturated/α-hetero) is 1. The second-order valence-corrected chi connectivity index (χ2v) is 7.29. The van der Waals surface area contributed by atoms with Crippen molar-refractivity contribution < 1.29 is 23.5 Å². The van der Waals surface area contributed by atoms with E-state index in [9.17, 15) is 9.59 Å². The highest BCUT2D eigenvalue weighted by molar-refractivity contribution is 5.94. The second-order valence-electron chi connectivity index (χ2n) is 7.29. The fourth-order valence-corrected chi connectivity index (χ4v) is 3.45. The number of rotatable bonds is 8. The topological polar surface area (TPSA) is 81.0 Å². The maximum atomic E-state index is 12.6. The van der Waals surface area contributed by atoms with Gasteiger partial charge in [-0.05, 0) is 48.5 Å². The molecule has 0 bridgehead atoms. The zero-order valence-electron chi connectivity index (χ0n) is 17.0. The van der Waals surface area contributed by atoms with Crippen molar-refractivity contribution in [3.8, 4) is 11.5 Å². The van der Waals surface area contributed by atoms with Crippen molar-refractivity contribution in [3.63, 3.8) is 0 Å². The molecule has 2 heterocycles. The maximum Gasteiger partial charge on any atom is 0.238 e. The van der Waals surface area contributed by atoms with E-state index in [1.807, 2.05) is 47.4 Å². The van der Waals surface area contributed by atoms with Crippen LogP contribution in [0.15, 0.2) is 77.4 Å². The highest BCUT2D eigenvalue weighted by atomic mass is 16.5. The van der Waals surface area contributed by atoms with Crippen molar-refractivity contribution in [2.45, 2.75) is 12.5 Å². The Morgan fingerprint density at radius 1 is 1.00 bits per heavy atom. The SMILES string of the molecule is O=C(CN1CCOC[C@@H]1CC(=O)c1ccco1)Nc1ccc(Oc2ccccc2)cc1. The first-order chi connectivity index (χ1) is 15.2. The molecule has 2 aromatic carbocycles. The van der Waals surface area contributed by atoms with Crippen LogP contribution in [0.5, 0.6) is 11.5 Å². The van der Waals surface area contributed by atoms with Crippen LogP contribution in [0.3, 0.4) is 0 Å². The van der Waals surface area contributed by atoms with Gasteiger partial charge in [0.25, 0.3) is 0 Å². The zero-order valence-corrected chi connectivity index (χ0v) is 17.0. The summed E-state index contributed by atoms with van der Waals surface area (Å²) in [5, 5.41) is 2.90. The van der Waals surface area contributed by atoms with Crippen LogP contribution in [0.2, 0.25) is 0 Å². The number of benzene rings is 2. The summed E-state index contributed by atoms with van der Waals surface area (Å²) in [5.41, 5.74) is 0.682. The molecule has 0 spiro atoms. The molecule has 0 saturated carbocycles. The van der Waals surface area contributed by atoms with Crippen LogP contribution in [0.1, 0.15) is 17.0 Å². The Balaban J connectivity index is 1.31. The van der Waals surface area contributed by atoms with Gasteiger partial charge in [0.1, 0.15) is 11.5 Å². The minimum atomic E-state index is -0.168. The van der Waals surface area contributed by atoms with Gasteiger partial charge in [-0.2, -0.15) is 0 Å². The maximum absolute atomic E-state index is 12.6. The molecule has 1 aromatic heterocycles. The van der Waals surface area contributed by atoms with Crippen LogP contribution in [-0.2, 0) is 9.53 Å². The third-order valence-corrected chi connectivity index (χ3v) is 5.03. The third kappa shape index (κ3) is 5.81. The minimum absolute atomic E-state index is 0.0973. The van der Waals surface area contributed by atoms with Gasteiger partial charge in [-0.15, -0.1) is 0 Å². The van der Waals surface area contributed by atoms with Gasteiger partial charge in [-0.1, -0.05) is 18.2 Å². The molecule has 7 heteroatoms. The number of ketones is 1. The van der Waals surface area contributed by atoms with Gasteiger partial charge in [-0.25, -0.2) is 0 Å². The number of nitrogens with one attached hydrogen (secondary N) is 1. The Kier molecular flexibility index (Phi) is 6.76. The van der Waals surface area contributed by atoms with E-state index < -0.39 is 0 Å². The van der Waals surface area contributed by atoms with Gasteiger partial charge in [0.15, 0.2) is 11.5 Å². The fourth-order valence-electron chi connectivity index (χ4n) is 3.45. The highest BCUT2D eigenvalue weighted by Crippen LogP contribution is 2.23. The summed E-state index contributed by atoms with van der Waals surface area (Å²) >= 11 is 0. The van der Waals surface area contributed by atoms with Gasteiger partial charge in [0.2, 0.25) is 5.91 Å². The van der Waals surface area contributed by atoms with Gasteiger partial charge >= 0.3 is 0 Å². The number of hydrogen-bond donors (Lipinski definition) is 1. The van der Waals surface area contributed by atoms with Crippen LogP contribution in [0, 0.1) is 0 Å². The lowest BCUT2D eigenvalue weighted by atomic mass is 10.1. The van der Waals surface area contributed by atoms with E-state index in [2.05, 4.69) is 5.32 Å². The summed E-state index contributed by atoms with van der Waals surface area (Å²) in [7, 11) is 0. The molecule has 1 amide bonds. The lowest BCUT2D eigenvalue weighted by Crippen LogP contribution is -2.49. The Labute approximate surface area is 180 Å². The van der Waals surface area contributed by atoms with E-state index in [4.69, 9.17) is 13.9 Å². The third-order valence-electron chi connectivity index (χ3n) is 5.03. The second kappa shape index (κ2) is 10.1. The largest absolute Gasteiger partial charge is 0.461 e. The number of anilines is 1. The number of nitrogens with zero attached hydrogens (tertiary/aromatic N) is 1. The summed E-state index contributed by atoms with van der Waals surface area (Å²) in [4.78, 5) is 26.9. The Hall–Kier alpha value is -3.42. The summed E-state index contributed by atoms with van der Waals surface area (Å²) < 4.78 is 16.5. The average Bonchev–Trinajstić information content (AvgIpc) is 3.32. The smallest absolute Gasteiger partial charge is 0.238 e. The predicted octanol–water partition coefficient (Wildman–Crippen LogP) is 3.98. The molecule has 3 aromatic rings. The molecule has 1 aliphatic heterocycles. The molecule has 1 fully saturated rings. The van der Waals surface area contributed by atoms with E-state index in [0.717, 1.165) is 5.75 Å². The van der Waals surface area contributed by atoms with Crippen LogP contribution in [0.25, 0.3) is 0 Å². The van der Waals surface area contributed by atoms with Gasteiger partial charge in [-0.3, -0.25) is 14.5 Å². The molecular weight excluding hydrogens is 396 g/mol. The van der Waals surface area contributed by atoms with E-state index in [0.29, 0.717) is 37.0 Å². The summed E-state index contributed by atoms with van der Waals surface area (Å²) in [6.07, 6.45) is 1.72. The number of para-hydroxylation sites is 1. The minimum Gasteiger partial charge on any atom is -0.461 e. The molecule has 1 atom stereocenters. The average molecular weight is 420 g/mol. The molecule has 1 aliphatic rings. The molecule has 160 valence electrons. The molecule has 0 aliphatic carbocycles. The Bertz CT molecular complexity index is 987. The lowest BCUT2D eigenvalue weighted by Gasteiger charge is -2.34. The molecular formula is C24H24N2O5. The molecule has 31 heavy (non-hydrogen) atoms. The van der Waals surface area contributed by atoms with Crippen LogP contribution in [-0.4, -0.2) is 48.9 Å². The van der Waals surface area contributed by atoms with Crippen molar-refractivity contribution in [2.24, 2.45) is 0 Å². The first-order valence-corrected chi connectivity index (χ1v) is 10.2. The van der Waals surface area contributed by atoms with E-state index in [-0.39, 0.29) is 30.7 Å². The van der Waals surface area contributed by atoms with Crippen molar-refractivity contribution in [3.05, 3.63) is 78.8 Å². The molecule has 4 rings (SSSR count). The Morgan fingerprint density at radius 2 is 1.77 bits per heavy atom. The number of ether oxygens (including phenoxy) is 2. The summed E-state index contributed by atoms with van der Waals surface area (Å²) in [5.74, 6) is 1.53. The van der Waals surface area contributed by atoms with Crippen molar-refractivity contribution in [2.75, 3.05) is 31.6 Å². The molecule has 1 N–H and O–H groups in total. The normalized spacial score (nSPS) is 16.6.